The number of pyridine rings is 1. The number of hydrogen-bond acceptors (Lipinski definition) is 4. The number of hydrogen-bond donors (Lipinski definition) is 1. The van der Waals surface area contributed by atoms with E-state index >= 15 is 0 Å². The predicted octanol–water partition coefficient (Wildman–Crippen LogP) is 0.543. The molecule has 1 amide bonds. The lowest BCUT2D eigenvalue weighted by atomic mass is 10.0. The number of likely N-dealkylation sites (tertiary alicyclic amines) is 1. The third-order valence-electron chi connectivity index (χ3n) is 3.27. The van der Waals surface area contributed by atoms with Crippen LogP contribution in [-0.2, 0) is 9.53 Å². The molecule has 0 bridgehead atoms. The Balaban J connectivity index is 2.22. The van der Waals surface area contributed by atoms with Crippen LogP contribution in [0.3, 0.4) is 0 Å². The lowest BCUT2D eigenvalue weighted by Crippen LogP contribution is -2.48. The first-order valence-electron chi connectivity index (χ1n) is 6.21. The highest BCUT2D eigenvalue weighted by Gasteiger charge is 2.33. The monoisotopic (exact) mass is 264 g/mol. The van der Waals surface area contributed by atoms with E-state index in [2.05, 4.69) is 4.98 Å². The second-order valence-electron chi connectivity index (χ2n) is 4.47. The number of piperidine rings is 1. The van der Waals surface area contributed by atoms with Gasteiger partial charge in [-0.25, -0.2) is 4.79 Å². The van der Waals surface area contributed by atoms with E-state index in [4.69, 9.17) is 4.74 Å². The number of methoxy groups -OCH3 is 1. The highest BCUT2D eigenvalue weighted by molar-refractivity contribution is 5.96. The number of rotatable bonds is 2. The molecule has 19 heavy (non-hydrogen) atoms. The zero-order valence-corrected chi connectivity index (χ0v) is 10.7. The topological polar surface area (TPSA) is 79.5 Å². The molecule has 1 aliphatic heterocycles. The van der Waals surface area contributed by atoms with E-state index in [1.807, 2.05) is 0 Å². The standard InChI is InChI=1S/C13H16N2O4/c1-19-13(18)10-4-2-3-7-15(10)12(17)9-5-6-11(16)14-8-9/h5-6,8,10H,2-4,7H2,1H3,(H,14,16). The Kier molecular flexibility index (Phi) is 3.99. The van der Waals surface area contributed by atoms with Gasteiger partial charge in [0.05, 0.1) is 12.7 Å². The number of amides is 1. The molecule has 0 saturated carbocycles. The summed E-state index contributed by atoms with van der Waals surface area (Å²) in [6, 6.07) is 2.23. The van der Waals surface area contributed by atoms with Crippen LogP contribution in [0.4, 0.5) is 0 Å². The van der Waals surface area contributed by atoms with Crippen LogP contribution in [0.2, 0.25) is 0 Å². The fourth-order valence-corrected chi connectivity index (χ4v) is 2.27. The second kappa shape index (κ2) is 5.69. The molecule has 1 N–H and O–H groups in total. The molecule has 1 aromatic heterocycles. The van der Waals surface area contributed by atoms with Gasteiger partial charge in [0.1, 0.15) is 6.04 Å². The summed E-state index contributed by atoms with van der Waals surface area (Å²) < 4.78 is 4.73. The zero-order chi connectivity index (χ0) is 13.8. The van der Waals surface area contributed by atoms with Crippen LogP contribution in [0.1, 0.15) is 29.6 Å². The van der Waals surface area contributed by atoms with Crippen molar-refractivity contribution in [1.82, 2.24) is 9.88 Å². The molecule has 102 valence electrons. The van der Waals surface area contributed by atoms with Crippen molar-refractivity contribution in [1.29, 1.82) is 0 Å². The molecule has 0 radical (unpaired) electrons. The number of ether oxygens (including phenoxy) is 1. The Hall–Kier alpha value is -2.11. The van der Waals surface area contributed by atoms with Crippen LogP contribution in [-0.4, -0.2) is 41.5 Å². The summed E-state index contributed by atoms with van der Waals surface area (Å²) in [7, 11) is 1.32. The lowest BCUT2D eigenvalue weighted by Gasteiger charge is -2.33. The third kappa shape index (κ3) is 2.83. The summed E-state index contributed by atoms with van der Waals surface area (Å²) in [6.45, 7) is 0.526. The van der Waals surface area contributed by atoms with Gasteiger partial charge in [-0.2, -0.15) is 0 Å². The van der Waals surface area contributed by atoms with Crippen molar-refractivity contribution in [2.24, 2.45) is 0 Å². The normalized spacial score (nSPS) is 19.0. The third-order valence-corrected chi connectivity index (χ3v) is 3.27. The van der Waals surface area contributed by atoms with Crippen LogP contribution in [0.25, 0.3) is 0 Å². The van der Waals surface area contributed by atoms with E-state index < -0.39 is 12.0 Å². The Morgan fingerprint density at radius 2 is 2.16 bits per heavy atom. The average Bonchev–Trinajstić information content (AvgIpc) is 2.46. The quantitative estimate of drug-likeness (QED) is 0.791. The van der Waals surface area contributed by atoms with Gasteiger partial charge in [0.25, 0.3) is 5.91 Å². The van der Waals surface area contributed by atoms with Crippen molar-refractivity contribution in [3.8, 4) is 0 Å². The minimum absolute atomic E-state index is 0.258. The van der Waals surface area contributed by atoms with Crippen LogP contribution < -0.4 is 5.56 Å². The number of nitrogens with one attached hydrogen (secondary N) is 1. The van der Waals surface area contributed by atoms with Crippen molar-refractivity contribution in [2.75, 3.05) is 13.7 Å². The molecule has 1 atom stereocenters. The van der Waals surface area contributed by atoms with Crippen molar-refractivity contribution >= 4 is 11.9 Å². The van der Waals surface area contributed by atoms with Gasteiger partial charge in [0.15, 0.2) is 0 Å². The van der Waals surface area contributed by atoms with Gasteiger partial charge < -0.3 is 14.6 Å². The first-order chi connectivity index (χ1) is 9.13. The number of carbonyl (C=O) groups excluding carboxylic acids is 2. The van der Waals surface area contributed by atoms with E-state index in [0.29, 0.717) is 18.5 Å². The van der Waals surface area contributed by atoms with Crippen LogP contribution in [0, 0.1) is 0 Å². The number of H-pyrrole nitrogens is 1. The number of aromatic amines is 1. The van der Waals surface area contributed by atoms with Crippen molar-refractivity contribution in [3.63, 3.8) is 0 Å². The van der Waals surface area contributed by atoms with Gasteiger partial charge in [-0.05, 0) is 25.3 Å². The summed E-state index contributed by atoms with van der Waals surface area (Å²) >= 11 is 0. The Morgan fingerprint density at radius 3 is 2.79 bits per heavy atom. The smallest absolute Gasteiger partial charge is 0.328 e. The van der Waals surface area contributed by atoms with Crippen molar-refractivity contribution < 1.29 is 14.3 Å². The van der Waals surface area contributed by atoms with Crippen LogP contribution >= 0.6 is 0 Å². The Bertz CT molecular complexity index is 517. The Morgan fingerprint density at radius 1 is 1.37 bits per heavy atom. The molecule has 6 heteroatoms. The fourth-order valence-electron chi connectivity index (χ4n) is 2.27. The second-order valence-corrected chi connectivity index (χ2v) is 4.47. The number of esters is 1. The van der Waals surface area contributed by atoms with Crippen LogP contribution in [0.15, 0.2) is 23.1 Å². The molecule has 2 rings (SSSR count). The van der Waals surface area contributed by atoms with Crippen molar-refractivity contribution in [3.05, 3.63) is 34.2 Å². The summed E-state index contributed by atoms with van der Waals surface area (Å²) in [5.41, 5.74) is 0.107. The summed E-state index contributed by atoms with van der Waals surface area (Å²) in [5, 5.41) is 0. The van der Waals surface area contributed by atoms with Gasteiger partial charge in [0, 0.05) is 18.8 Å². The minimum Gasteiger partial charge on any atom is -0.467 e. The molecular weight excluding hydrogens is 248 g/mol. The molecule has 0 aliphatic carbocycles. The van der Waals surface area contributed by atoms with E-state index in [9.17, 15) is 14.4 Å². The molecule has 1 aromatic rings. The van der Waals surface area contributed by atoms with E-state index in [1.54, 1.807) is 0 Å². The SMILES string of the molecule is COC(=O)C1CCCCN1C(=O)c1ccc(=O)[nH]c1. The summed E-state index contributed by atoms with van der Waals surface area (Å²) in [6.07, 6.45) is 3.74. The molecule has 6 nitrogen and oxygen atoms in total. The molecule has 1 unspecified atom stereocenters. The first-order valence-corrected chi connectivity index (χ1v) is 6.21. The Labute approximate surface area is 110 Å². The van der Waals surface area contributed by atoms with E-state index in [1.165, 1.54) is 30.3 Å². The number of carbonyl (C=O) groups is 2. The zero-order valence-electron chi connectivity index (χ0n) is 10.7. The van der Waals surface area contributed by atoms with Crippen molar-refractivity contribution in [2.45, 2.75) is 25.3 Å². The number of nitrogens with zero attached hydrogens (tertiary/aromatic N) is 1. The first kappa shape index (κ1) is 13.3. The highest BCUT2D eigenvalue weighted by atomic mass is 16.5. The predicted molar refractivity (Wildman–Crippen MR) is 67.8 cm³/mol. The molecular formula is C13H16N2O4. The molecule has 0 aromatic carbocycles. The largest absolute Gasteiger partial charge is 0.467 e. The maximum Gasteiger partial charge on any atom is 0.328 e. The lowest BCUT2D eigenvalue weighted by molar-refractivity contribution is -0.147. The van der Waals surface area contributed by atoms with Gasteiger partial charge in [0.2, 0.25) is 5.56 Å². The summed E-state index contributed by atoms with van der Waals surface area (Å²) in [5.74, 6) is -0.649. The molecule has 1 saturated heterocycles. The molecule has 1 fully saturated rings. The molecule has 1 aliphatic rings. The van der Waals surface area contributed by atoms with Crippen LogP contribution in [0.5, 0.6) is 0 Å². The average molecular weight is 264 g/mol. The fraction of sp³-hybridized carbons (Fsp3) is 0.462. The molecule has 2 heterocycles. The van der Waals surface area contributed by atoms with Gasteiger partial charge >= 0.3 is 5.97 Å². The maximum absolute atomic E-state index is 12.3. The van der Waals surface area contributed by atoms with E-state index in [-0.39, 0.29) is 11.5 Å². The van der Waals surface area contributed by atoms with Gasteiger partial charge in [-0.1, -0.05) is 0 Å². The van der Waals surface area contributed by atoms with Gasteiger partial charge in [-0.15, -0.1) is 0 Å². The van der Waals surface area contributed by atoms with E-state index in [0.717, 1.165) is 12.8 Å². The molecule has 0 spiro atoms. The minimum atomic E-state index is -0.529. The maximum atomic E-state index is 12.3. The number of aromatic nitrogens is 1. The summed E-state index contributed by atoms with van der Waals surface area (Å²) in [4.78, 5) is 39.0. The highest BCUT2D eigenvalue weighted by Crippen LogP contribution is 2.20. The van der Waals surface area contributed by atoms with Gasteiger partial charge in [-0.3, -0.25) is 9.59 Å².